The molecule has 0 amide bonds. The number of aromatic hydroxyl groups is 1. The summed E-state index contributed by atoms with van der Waals surface area (Å²) in [7, 11) is 0. The third-order valence-electron chi connectivity index (χ3n) is 6.16. The Morgan fingerprint density at radius 2 is 2.19 bits per heavy atom. The second-order valence-electron chi connectivity index (χ2n) is 7.07. The van der Waals surface area contributed by atoms with Gasteiger partial charge in [0, 0.05) is 0 Å². The van der Waals surface area contributed by atoms with Gasteiger partial charge < -0.3 is 15.3 Å². The van der Waals surface area contributed by atoms with E-state index in [0.29, 0.717) is 19.3 Å². The van der Waals surface area contributed by atoms with E-state index in [9.17, 15) is 15.3 Å². The smallest absolute Gasteiger partial charge is 0.115 e. The summed E-state index contributed by atoms with van der Waals surface area (Å²) < 4.78 is 32.4. The van der Waals surface area contributed by atoms with Crippen LogP contribution in [0, 0.1) is 17.3 Å². The van der Waals surface area contributed by atoms with Crippen molar-refractivity contribution in [3.8, 4) is 5.75 Å². The molecule has 0 aliphatic heterocycles. The van der Waals surface area contributed by atoms with Gasteiger partial charge in [-0.3, -0.25) is 0 Å². The maximum Gasteiger partial charge on any atom is 0.115 e. The molecule has 2 saturated carbocycles. The lowest BCUT2D eigenvalue weighted by Crippen LogP contribution is -2.44. The number of hydrogen-bond donors (Lipinski definition) is 3. The largest absolute Gasteiger partial charge is 0.508 e. The van der Waals surface area contributed by atoms with Crippen molar-refractivity contribution in [1.29, 1.82) is 0 Å². The van der Waals surface area contributed by atoms with E-state index in [4.69, 9.17) is 5.48 Å². The number of aliphatic hydroxyl groups is 2. The van der Waals surface area contributed by atoms with Gasteiger partial charge in [-0.15, -0.1) is 0 Å². The number of phenolic OH excluding ortho intramolecular Hbond substituents is 1. The highest BCUT2D eigenvalue weighted by Gasteiger charge is 2.57. The fraction of sp³-hybridized carbons (Fsp3) is 0.667. The molecule has 4 rings (SSSR count). The SMILES string of the molecule is [2H]c1cc2c(c([2H])c1O)CC[C@@H]1[C@@H]2CC[C@@]2(C)[C@H]1C[C@@]([2H])(O)[C@]2([2H])O. The van der Waals surface area contributed by atoms with E-state index in [1.54, 1.807) is 6.07 Å². The van der Waals surface area contributed by atoms with Gasteiger partial charge in [0.15, 0.2) is 0 Å². The first-order valence-corrected chi connectivity index (χ1v) is 7.78. The molecule has 0 unspecified atom stereocenters. The van der Waals surface area contributed by atoms with Crippen molar-refractivity contribution >= 4 is 0 Å². The summed E-state index contributed by atoms with van der Waals surface area (Å²) in [6.45, 7) is 1.81. The van der Waals surface area contributed by atoms with Gasteiger partial charge in [0.05, 0.1) is 17.6 Å². The van der Waals surface area contributed by atoms with Gasteiger partial charge in [0.2, 0.25) is 0 Å². The van der Waals surface area contributed by atoms with Crippen LogP contribution in [0.5, 0.6) is 5.75 Å². The zero-order chi connectivity index (χ0) is 18.4. The molecule has 114 valence electrons. The Kier molecular flexibility index (Phi) is 2.10. The summed E-state index contributed by atoms with van der Waals surface area (Å²) in [5.74, 6) is -0.243. The predicted octanol–water partition coefficient (Wildman–Crippen LogP) is 2.58. The van der Waals surface area contributed by atoms with E-state index in [0.717, 1.165) is 17.5 Å². The molecule has 0 aromatic heterocycles. The van der Waals surface area contributed by atoms with Crippen LogP contribution in [0.2, 0.25) is 0 Å². The van der Waals surface area contributed by atoms with E-state index in [-0.39, 0.29) is 42.0 Å². The highest BCUT2D eigenvalue weighted by Crippen LogP contribution is 2.60. The fourth-order valence-electron chi connectivity index (χ4n) is 5.03. The topological polar surface area (TPSA) is 60.7 Å². The molecule has 1 aromatic rings. The quantitative estimate of drug-likeness (QED) is 0.689. The van der Waals surface area contributed by atoms with Crippen LogP contribution in [0.4, 0.5) is 0 Å². The standard InChI is InChI=1S/C18H24O3/c1-18-7-6-13-12-5-3-11(19)8-10(12)2-4-14(13)15(18)9-16(20)17(18)21/h3,5,8,13-17,19-21H,2,4,6-7,9H2,1H3/t13-,14-,15+,16-,17+,18+/m1/s1/i3D,8D,16D,17D. The molecule has 3 nitrogen and oxygen atoms in total. The maximum absolute atomic E-state index is 10.6. The lowest BCUT2D eigenvalue weighted by molar-refractivity contribution is -0.0505. The van der Waals surface area contributed by atoms with Gasteiger partial charge in [0.25, 0.3) is 0 Å². The Hall–Kier alpha value is -1.06. The molecular formula is C18H24O3. The Bertz CT molecular complexity index is 748. The van der Waals surface area contributed by atoms with Crippen LogP contribution in [0.1, 0.15) is 55.1 Å². The third kappa shape index (κ3) is 1.80. The monoisotopic (exact) mass is 292 g/mol. The molecule has 3 heteroatoms. The summed E-state index contributed by atoms with van der Waals surface area (Å²) >= 11 is 0. The first-order valence-electron chi connectivity index (χ1n) is 9.78. The molecule has 21 heavy (non-hydrogen) atoms. The molecule has 2 fully saturated rings. The van der Waals surface area contributed by atoms with E-state index in [1.807, 2.05) is 6.92 Å². The third-order valence-corrected chi connectivity index (χ3v) is 6.16. The molecule has 0 bridgehead atoms. The zero-order valence-electron chi connectivity index (χ0n) is 16.2. The van der Waals surface area contributed by atoms with E-state index in [2.05, 4.69) is 0 Å². The van der Waals surface area contributed by atoms with Gasteiger partial charge in [-0.1, -0.05) is 13.0 Å². The predicted molar refractivity (Wildman–Crippen MR) is 80.1 cm³/mol. The molecule has 0 saturated heterocycles. The lowest BCUT2D eigenvalue weighted by Gasteiger charge is -2.49. The Morgan fingerprint density at radius 1 is 1.38 bits per heavy atom. The van der Waals surface area contributed by atoms with Crippen molar-refractivity contribution in [3.05, 3.63) is 29.3 Å². The maximum atomic E-state index is 10.6. The lowest BCUT2D eigenvalue weighted by atomic mass is 9.55. The minimum atomic E-state index is -2.20. The average molecular weight is 292 g/mol. The van der Waals surface area contributed by atoms with Crippen LogP contribution in [-0.2, 0) is 6.42 Å². The number of rotatable bonds is 0. The molecule has 6 atom stereocenters. The minimum absolute atomic E-state index is 0.0368. The van der Waals surface area contributed by atoms with Crippen LogP contribution in [0.25, 0.3) is 0 Å². The second-order valence-corrected chi connectivity index (χ2v) is 7.07. The van der Waals surface area contributed by atoms with E-state index in [1.165, 1.54) is 0 Å². The van der Waals surface area contributed by atoms with E-state index >= 15 is 0 Å². The Labute approximate surface area is 131 Å². The molecule has 3 aliphatic carbocycles. The van der Waals surface area contributed by atoms with Gasteiger partial charge >= 0.3 is 0 Å². The molecule has 3 N–H and O–H groups in total. The number of benzene rings is 1. The zero-order valence-corrected chi connectivity index (χ0v) is 12.2. The van der Waals surface area contributed by atoms with Gasteiger partial charge in [0.1, 0.15) is 5.75 Å². The first kappa shape index (κ1) is 9.86. The van der Waals surface area contributed by atoms with Gasteiger partial charge in [-0.2, -0.15) is 0 Å². The molecule has 0 radical (unpaired) electrons. The second kappa shape index (κ2) is 4.47. The van der Waals surface area contributed by atoms with Crippen LogP contribution < -0.4 is 0 Å². The van der Waals surface area contributed by atoms with Gasteiger partial charge in [-0.05, 0) is 78.5 Å². The fourth-order valence-corrected chi connectivity index (χ4v) is 5.03. The van der Waals surface area contributed by atoms with Crippen LogP contribution >= 0.6 is 0 Å². The summed E-state index contributed by atoms with van der Waals surface area (Å²) in [4.78, 5) is 0. The van der Waals surface area contributed by atoms with Gasteiger partial charge in [-0.25, -0.2) is 0 Å². The normalized spacial score (nSPS) is 54.5. The van der Waals surface area contributed by atoms with E-state index < -0.39 is 17.6 Å². The summed E-state index contributed by atoms with van der Waals surface area (Å²) in [6, 6.07) is 1.64. The van der Waals surface area contributed by atoms with Crippen molar-refractivity contribution in [1.82, 2.24) is 0 Å². The number of phenols is 1. The Morgan fingerprint density at radius 3 is 3.00 bits per heavy atom. The van der Waals surface area contributed by atoms with Crippen molar-refractivity contribution in [2.45, 2.75) is 57.1 Å². The van der Waals surface area contributed by atoms with Crippen LogP contribution in [-0.4, -0.2) is 27.5 Å². The first-order chi connectivity index (χ1) is 11.5. The number of hydrogen-bond acceptors (Lipinski definition) is 3. The minimum Gasteiger partial charge on any atom is -0.508 e. The summed E-state index contributed by atoms with van der Waals surface area (Å²) in [5, 5.41) is 30.9. The van der Waals surface area contributed by atoms with Crippen molar-refractivity contribution < 1.29 is 20.8 Å². The van der Waals surface area contributed by atoms with Crippen molar-refractivity contribution in [2.24, 2.45) is 17.3 Å². The van der Waals surface area contributed by atoms with Crippen LogP contribution in [0.15, 0.2) is 18.2 Å². The van der Waals surface area contributed by atoms with Crippen molar-refractivity contribution in [2.75, 3.05) is 0 Å². The summed E-state index contributed by atoms with van der Waals surface area (Å²) in [6.07, 6.45) is -1.77. The molecule has 0 spiro atoms. The highest BCUT2D eigenvalue weighted by atomic mass is 16.3. The Balaban J connectivity index is 1.79. The average Bonchev–Trinajstić information content (AvgIpc) is 2.68. The highest BCUT2D eigenvalue weighted by molar-refractivity contribution is 5.40. The molecular weight excluding hydrogens is 264 g/mol. The molecule has 3 aliphatic rings. The van der Waals surface area contributed by atoms with Crippen LogP contribution in [0.3, 0.4) is 0 Å². The molecule has 0 heterocycles. The molecule has 1 aromatic carbocycles. The number of fused-ring (bicyclic) bond motifs is 5. The van der Waals surface area contributed by atoms with Crippen molar-refractivity contribution in [3.63, 3.8) is 0 Å². The summed E-state index contributed by atoms with van der Waals surface area (Å²) in [5.41, 5.74) is 0.866.